The fourth-order valence-corrected chi connectivity index (χ4v) is 3.72. The van der Waals surface area contributed by atoms with Crippen molar-refractivity contribution in [1.29, 1.82) is 0 Å². The number of methoxy groups -OCH3 is 1. The van der Waals surface area contributed by atoms with Crippen LogP contribution in [-0.2, 0) is 14.4 Å². The van der Waals surface area contributed by atoms with Crippen molar-refractivity contribution in [2.45, 2.75) is 13.3 Å². The van der Waals surface area contributed by atoms with E-state index in [0.29, 0.717) is 17.1 Å². The Bertz CT molecular complexity index is 947. The number of hydrogen-bond donors (Lipinski definition) is 2. The minimum absolute atomic E-state index is 0.0946. The summed E-state index contributed by atoms with van der Waals surface area (Å²) in [5.41, 5.74) is 2.23. The third kappa shape index (κ3) is 4.95. The van der Waals surface area contributed by atoms with E-state index >= 15 is 0 Å². The monoisotopic (exact) mass is 459 g/mol. The van der Waals surface area contributed by atoms with Gasteiger partial charge in [0.1, 0.15) is 5.75 Å². The van der Waals surface area contributed by atoms with Crippen LogP contribution in [0.25, 0.3) is 0 Å². The lowest BCUT2D eigenvalue weighted by molar-refractivity contribution is -0.127. The fraction of sp³-hybridized carbons (Fsp3) is 0.286. The van der Waals surface area contributed by atoms with Crippen molar-refractivity contribution in [3.8, 4) is 5.75 Å². The Labute approximate surface area is 177 Å². The summed E-state index contributed by atoms with van der Waals surface area (Å²) >= 11 is 3.38. The zero-order valence-corrected chi connectivity index (χ0v) is 17.8. The Morgan fingerprint density at radius 1 is 1.24 bits per heavy atom. The first-order chi connectivity index (χ1) is 13.9. The van der Waals surface area contributed by atoms with E-state index in [2.05, 4.69) is 26.6 Å². The van der Waals surface area contributed by atoms with Gasteiger partial charge in [0.2, 0.25) is 17.7 Å². The number of amides is 3. The Kier molecular flexibility index (Phi) is 6.53. The van der Waals surface area contributed by atoms with Crippen LogP contribution in [0.5, 0.6) is 5.75 Å². The molecule has 2 aromatic carbocycles. The molecule has 1 aliphatic rings. The summed E-state index contributed by atoms with van der Waals surface area (Å²) in [4.78, 5) is 38.6. The molecule has 1 atom stereocenters. The standard InChI is InChI=1S/C21H22BrN3O4/c1-13-9-15(22)7-8-16(13)24-19(26)11-23-21(28)14-10-20(27)25(12-14)17-5-3-4-6-18(17)29-2/h3-9,14H,10-12H2,1-2H3,(H,23,28)(H,24,26)/t14-/m1/s1. The molecule has 0 saturated carbocycles. The fourth-order valence-electron chi connectivity index (χ4n) is 3.24. The van der Waals surface area contributed by atoms with Gasteiger partial charge in [-0.15, -0.1) is 0 Å². The number of hydrogen-bond acceptors (Lipinski definition) is 4. The van der Waals surface area contributed by atoms with Gasteiger partial charge in [-0.05, 0) is 42.8 Å². The molecule has 0 aliphatic carbocycles. The first kappa shape index (κ1) is 20.9. The topological polar surface area (TPSA) is 87.7 Å². The highest BCUT2D eigenvalue weighted by Gasteiger charge is 2.36. The van der Waals surface area contributed by atoms with Gasteiger partial charge in [0, 0.05) is 23.1 Å². The molecular formula is C21H22BrN3O4. The van der Waals surface area contributed by atoms with E-state index in [9.17, 15) is 14.4 Å². The molecule has 0 radical (unpaired) electrons. The molecule has 2 aromatic rings. The number of aryl methyl sites for hydroxylation is 1. The molecule has 1 heterocycles. The van der Waals surface area contributed by atoms with E-state index in [1.807, 2.05) is 31.2 Å². The predicted molar refractivity (Wildman–Crippen MR) is 114 cm³/mol. The summed E-state index contributed by atoms with van der Waals surface area (Å²) in [6, 6.07) is 12.7. The summed E-state index contributed by atoms with van der Waals surface area (Å²) < 4.78 is 6.23. The summed E-state index contributed by atoms with van der Waals surface area (Å²) in [5.74, 6) is -0.738. The normalized spacial score (nSPS) is 15.9. The first-order valence-electron chi connectivity index (χ1n) is 9.16. The van der Waals surface area contributed by atoms with Gasteiger partial charge in [0.15, 0.2) is 0 Å². The van der Waals surface area contributed by atoms with Crippen molar-refractivity contribution >= 4 is 45.0 Å². The molecule has 7 nitrogen and oxygen atoms in total. The molecule has 8 heteroatoms. The zero-order valence-electron chi connectivity index (χ0n) is 16.2. The number of benzene rings is 2. The number of para-hydroxylation sites is 2. The van der Waals surface area contributed by atoms with E-state index < -0.39 is 5.92 Å². The van der Waals surface area contributed by atoms with Crippen LogP contribution >= 0.6 is 15.9 Å². The van der Waals surface area contributed by atoms with Crippen LogP contribution in [0.2, 0.25) is 0 Å². The molecule has 152 valence electrons. The number of halogens is 1. The molecular weight excluding hydrogens is 438 g/mol. The highest BCUT2D eigenvalue weighted by molar-refractivity contribution is 9.10. The van der Waals surface area contributed by atoms with Gasteiger partial charge in [-0.3, -0.25) is 14.4 Å². The quantitative estimate of drug-likeness (QED) is 0.694. The summed E-state index contributed by atoms with van der Waals surface area (Å²) in [7, 11) is 1.54. The molecule has 29 heavy (non-hydrogen) atoms. The highest BCUT2D eigenvalue weighted by Crippen LogP contribution is 2.32. The molecule has 1 fully saturated rings. The Morgan fingerprint density at radius 2 is 2.00 bits per heavy atom. The molecule has 2 N–H and O–H groups in total. The molecule has 1 saturated heterocycles. The van der Waals surface area contributed by atoms with Crippen molar-refractivity contribution in [2.75, 3.05) is 30.4 Å². The van der Waals surface area contributed by atoms with Crippen LogP contribution in [0.15, 0.2) is 46.9 Å². The second-order valence-electron chi connectivity index (χ2n) is 6.80. The van der Waals surface area contributed by atoms with E-state index in [4.69, 9.17) is 4.74 Å². The average molecular weight is 460 g/mol. The van der Waals surface area contributed by atoms with Crippen molar-refractivity contribution in [3.63, 3.8) is 0 Å². The average Bonchev–Trinajstić information content (AvgIpc) is 3.09. The molecule has 3 rings (SSSR count). The smallest absolute Gasteiger partial charge is 0.243 e. The van der Waals surface area contributed by atoms with Gasteiger partial charge in [-0.1, -0.05) is 28.1 Å². The molecule has 3 amide bonds. The van der Waals surface area contributed by atoms with Gasteiger partial charge in [-0.25, -0.2) is 0 Å². The lowest BCUT2D eigenvalue weighted by atomic mass is 10.1. The molecule has 1 aliphatic heterocycles. The molecule has 0 aromatic heterocycles. The van der Waals surface area contributed by atoms with E-state index in [0.717, 1.165) is 10.0 Å². The second-order valence-corrected chi connectivity index (χ2v) is 7.72. The van der Waals surface area contributed by atoms with Gasteiger partial charge < -0.3 is 20.3 Å². The van der Waals surface area contributed by atoms with Crippen LogP contribution < -0.4 is 20.3 Å². The number of nitrogens with zero attached hydrogens (tertiary/aromatic N) is 1. The van der Waals surface area contributed by atoms with Crippen LogP contribution in [0, 0.1) is 12.8 Å². The van der Waals surface area contributed by atoms with Crippen molar-refractivity contribution in [3.05, 3.63) is 52.5 Å². The van der Waals surface area contributed by atoms with E-state index in [1.54, 1.807) is 23.1 Å². The van der Waals surface area contributed by atoms with Crippen LogP contribution in [0.1, 0.15) is 12.0 Å². The maximum absolute atomic E-state index is 12.5. The van der Waals surface area contributed by atoms with E-state index in [-0.39, 0.29) is 37.2 Å². The van der Waals surface area contributed by atoms with E-state index in [1.165, 1.54) is 7.11 Å². The number of rotatable bonds is 6. The maximum Gasteiger partial charge on any atom is 0.243 e. The summed E-state index contributed by atoms with van der Waals surface area (Å²) in [6.07, 6.45) is 0.0946. The number of ether oxygens (including phenoxy) is 1. The maximum atomic E-state index is 12.5. The molecule has 0 spiro atoms. The van der Waals surface area contributed by atoms with Crippen LogP contribution in [0.3, 0.4) is 0 Å². The van der Waals surface area contributed by atoms with Crippen molar-refractivity contribution in [2.24, 2.45) is 5.92 Å². The lowest BCUT2D eigenvalue weighted by Gasteiger charge is -2.19. The number of nitrogens with one attached hydrogen (secondary N) is 2. The van der Waals surface area contributed by atoms with Gasteiger partial charge in [0.05, 0.1) is 25.3 Å². The number of carbonyl (C=O) groups excluding carboxylic acids is 3. The SMILES string of the molecule is COc1ccccc1N1C[C@H](C(=O)NCC(=O)Nc2ccc(Br)cc2C)CC1=O. The minimum atomic E-state index is -0.519. The Balaban J connectivity index is 1.56. The van der Waals surface area contributed by atoms with Gasteiger partial charge in [0.25, 0.3) is 0 Å². The van der Waals surface area contributed by atoms with Gasteiger partial charge >= 0.3 is 0 Å². The van der Waals surface area contributed by atoms with Crippen molar-refractivity contribution in [1.82, 2.24) is 5.32 Å². The van der Waals surface area contributed by atoms with Crippen LogP contribution in [0.4, 0.5) is 11.4 Å². The number of anilines is 2. The third-order valence-corrected chi connectivity index (χ3v) is 5.25. The third-order valence-electron chi connectivity index (χ3n) is 4.76. The Morgan fingerprint density at radius 3 is 2.72 bits per heavy atom. The van der Waals surface area contributed by atoms with Gasteiger partial charge in [-0.2, -0.15) is 0 Å². The summed E-state index contributed by atoms with van der Waals surface area (Å²) in [6.45, 7) is 1.97. The lowest BCUT2D eigenvalue weighted by Crippen LogP contribution is -2.38. The zero-order chi connectivity index (χ0) is 21.0. The summed E-state index contributed by atoms with van der Waals surface area (Å²) in [5, 5.41) is 5.40. The molecule has 0 bridgehead atoms. The van der Waals surface area contributed by atoms with Crippen LogP contribution in [-0.4, -0.2) is 37.9 Å². The molecule has 0 unspecified atom stereocenters. The van der Waals surface area contributed by atoms with Crippen molar-refractivity contribution < 1.29 is 19.1 Å². The second kappa shape index (κ2) is 9.09. The highest BCUT2D eigenvalue weighted by atomic mass is 79.9. The predicted octanol–water partition coefficient (Wildman–Crippen LogP) is 2.87. The largest absolute Gasteiger partial charge is 0.495 e. The minimum Gasteiger partial charge on any atom is -0.495 e. The first-order valence-corrected chi connectivity index (χ1v) is 9.95. The Hall–Kier alpha value is -2.87. The number of carbonyl (C=O) groups is 3.